The minimum absolute atomic E-state index is 0.00209. The molecule has 1 aromatic heterocycles. The van der Waals surface area contributed by atoms with Crippen molar-refractivity contribution in [2.75, 3.05) is 49.5 Å². The first kappa shape index (κ1) is 19.6. The largest absolute Gasteiger partial charge is 0.353 e. The summed E-state index contributed by atoms with van der Waals surface area (Å²) < 4.78 is 0. The van der Waals surface area contributed by atoms with Crippen molar-refractivity contribution in [2.45, 2.75) is 39.5 Å². The highest BCUT2D eigenvalue weighted by atomic mass is 16.2. The van der Waals surface area contributed by atoms with Crippen LogP contribution in [0, 0.1) is 5.92 Å². The third kappa shape index (κ3) is 4.97. The first-order chi connectivity index (χ1) is 13.1. The number of anilines is 2. The minimum atomic E-state index is 0.00209. The van der Waals surface area contributed by atoms with E-state index in [1.807, 2.05) is 11.0 Å². The van der Waals surface area contributed by atoms with Crippen LogP contribution in [0.15, 0.2) is 12.3 Å². The van der Waals surface area contributed by atoms with E-state index in [4.69, 9.17) is 0 Å². The molecule has 0 unspecified atom stereocenters. The van der Waals surface area contributed by atoms with Crippen LogP contribution in [-0.4, -0.2) is 61.0 Å². The summed E-state index contributed by atoms with van der Waals surface area (Å²) in [4.78, 5) is 34.1. The molecule has 1 aliphatic carbocycles. The van der Waals surface area contributed by atoms with Crippen molar-refractivity contribution in [3.8, 4) is 0 Å². The summed E-state index contributed by atoms with van der Waals surface area (Å²) in [7, 11) is 0. The van der Waals surface area contributed by atoms with Crippen molar-refractivity contribution in [3.63, 3.8) is 0 Å². The van der Waals surface area contributed by atoms with Crippen LogP contribution in [-0.2, 0) is 4.79 Å². The van der Waals surface area contributed by atoms with Gasteiger partial charge in [-0.15, -0.1) is 0 Å². The number of nitrogens with zero attached hydrogens (tertiary/aromatic N) is 3. The molecule has 2 aliphatic rings. The van der Waals surface area contributed by atoms with Crippen molar-refractivity contribution in [1.29, 1.82) is 0 Å². The molecule has 1 saturated heterocycles. The van der Waals surface area contributed by atoms with Gasteiger partial charge >= 0.3 is 0 Å². The molecule has 2 fully saturated rings. The molecule has 1 aliphatic heterocycles. The summed E-state index contributed by atoms with van der Waals surface area (Å²) in [5, 5.41) is 6.26. The van der Waals surface area contributed by atoms with Crippen LogP contribution in [0.25, 0.3) is 0 Å². The van der Waals surface area contributed by atoms with E-state index < -0.39 is 0 Å². The van der Waals surface area contributed by atoms with Crippen LogP contribution in [0.4, 0.5) is 11.5 Å². The number of hydrogen-bond acceptors (Lipinski definition) is 5. The Bertz CT molecular complexity index is 662. The van der Waals surface area contributed by atoms with Gasteiger partial charge in [0.05, 0.1) is 17.4 Å². The molecule has 1 saturated carbocycles. The lowest BCUT2D eigenvalue weighted by atomic mass is 10.1. The van der Waals surface area contributed by atoms with Crippen LogP contribution in [0.2, 0.25) is 0 Å². The molecule has 0 aromatic carbocycles. The van der Waals surface area contributed by atoms with Gasteiger partial charge in [-0.25, -0.2) is 4.98 Å². The quantitative estimate of drug-likeness (QED) is 0.730. The van der Waals surface area contributed by atoms with Crippen LogP contribution in [0.5, 0.6) is 0 Å². The Kier molecular flexibility index (Phi) is 6.66. The Hall–Kier alpha value is -2.15. The van der Waals surface area contributed by atoms with E-state index in [1.54, 1.807) is 6.20 Å². The van der Waals surface area contributed by atoms with Gasteiger partial charge in [0, 0.05) is 45.2 Å². The van der Waals surface area contributed by atoms with Gasteiger partial charge in [-0.1, -0.05) is 13.8 Å². The summed E-state index contributed by atoms with van der Waals surface area (Å²) >= 11 is 0. The van der Waals surface area contributed by atoms with Crippen molar-refractivity contribution < 1.29 is 9.59 Å². The first-order valence-electron chi connectivity index (χ1n) is 10.2. The normalized spacial score (nSPS) is 16.9. The lowest BCUT2D eigenvalue weighted by Gasteiger charge is -2.31. The Balaban J connectivity index is 1.89. The lowest BCUT2D eigenvalue weighted by molar-refractivity contribution is -0.117. The van der Waals surface area contributed by atoms with Gasteiger partial charge in [0.1, 0.15) is 5.82 Å². The number of rotatable bonds is 8. The third-order valence-corrected chi connectivity index (χ3v) is 5.00. The molecule has 1 aromatic rings. The van der Waals surface area contributed by atoms with E-state index in [2.05, 4.69) is 34.4 Å². The van der Waals surface area contributed by atoms with Crippen LogP contribution >= 0.6 is 0 Å². The van der Waals surface area contributed by atoms with E-state index in [1.165, 1.54) is 0 Å². The fourth-order valence-corrected chi connectivity index (χ4v) is 3.43. The zero-order chi connectivity index (χ0) is 19.2. The second kappa shape index (κ2) is 9.17. The Morgan fingerprint density at radius 1 is 1.22 bits per heavy atom. The smallest absolute Gasteiger partial charge is 0.257 e. The molecular weight excluding hydrogens is 342 g/mol. The number of aromatic nitrogens is 1. The third-order valence-electron chi connectivity index (χ3n) is 5.00. The first-order valence-corrected chi connectivity index (χ1v) is 10.2. The zero-order valence-corrected chi connectivity index (χ0v) is 16.5. The number of pyridine rings is 1. The van der Waals surface area contributed by atoms with Crippen molar-refractivity contribution in [3.05, 3.63) is 17.8 Å². The summed E-state index contributed by atoms with van der Waals surface area (Å²) in [6.45, 7) is 9.02. The number of hydrogen-bond donors (Lipinski definition) is 2. The number of piperazine rings is 1. The van der Waals surface area contributed by atoms with Crippen LogP contribution in [0.3, 0.4) is 0 Å². The van der Waals surface area contributed by atoms with Gasteiger partial charge in [-0.05, 0) is 31.7 Å². The monoisotopic (exact) mass is 373 g/mol. The number of carbonyl (C=O) groups is 2. The average Bonchev–Trinajstić information content (AvgIpc) is 3.53. The van der Waals surface area contributed by atoms with Crippen molar-refractivity contribution in [1.82, 2.24) is 15.2 Å². The fraction of sp³-hybridized carbons (Fsp3) is 0.650. The van der Waals surface area contributed by atoms with Crippen LogP contribution in [0.1, 0.15) is 49.9 Å². The molecule has 7 heteroatoms. The molecule has 148 valence electrons. The zero-order valence-electron chi connectivity index (χ0n) is 16.5. The molecule has 0 spiro atoms. The molecule has 7 nitrogen and oxygen atoms in total. The summed E-state index contributed by atoms with van der Waals surface area (Å²) in [6, 6.07) is 1.81. The standard InChI is InChI=1S/C20H31N5O2/c1-3-9-25(10-4-2)20(27)17-13-16(23-19(26)15-5-6-15)14-22-18(17)24-11-7-21-8-12-24/h13-15,21H,3-12H2,1-2H3,(H,23,26). The highest BCUT2D eigenvalue weighted by molar-refractivity contribution is 6.01. The number of nitrogens with one attached hydrogen (secondary N) is 2. The van der Waals surface area contributed by atoms with E-state index in [-0.39, 0.29) is 17.7 Å². The highest BCUT2D eigenvalue weighted by Crippen LogP contribution is 2.31. The molecule has 2 amide bonds. The molecule has 0 bridgehead atoms. The second-order valence-electron chi connectivity index (χ2n) is 7.39. The fourth-order valence-electron chi connectivity index (χ4n) is 3.43. The maximum atomic E-state index is 13.3. The topological polar surface area (TPSA) is 77.6 Å². The number of carbonyl (C=O) groups excluding carboxylic acids is 2. The SMILES string of the molecule is CCCN(CCC)C(=O)c1cc(NC(=O)C2CC2)cnc1N1CCNCC1. The Morgan fingerprint density at radius 2 is 1.89 bits per heavy atom. The molecule has 2 heterocycles. The van der Waals surface area contributed by atoms with Gasteiger partial charge in [0.25, 0.3) is 5.91 Å². The molecular formula is C20H31N5O2. The summed E-state index contributed by atoms with van der Waals surface area (Å²) in [5.74, 6) is 0.878. The predicted molar refractivity (Wildman–Crippen MR) is 107 cm³/mol. The Labute approximate surface area is 161 Å². The van der Waals surface area contributed by atoms with Gasteiger partial charge in [0.15, 0.2) is 0 Å². The van der Waals surface area contributed by atoms with E-state index in [9.17, 15) is 9.59 Å². The van der Waals surface area contributed by atoms with Crippen LogP contribution < -0.4 is 15.5 Å². The second-order valence-corrected chi connectivity index (χ2v) is 7.39. The molecule has 0 atom stereocenters. The average molecular weight is 374 g/mol. The lowest BCUT2D eigenvalue weighted by Crippen LogP contribution is -2.45. The van der Waals surface area contributed by atoms with Gasteiger partial charge in [-0.2, -0.15) is 0 Å². The van der Waals surface area contributed by atoms with Crippen molar-refractivity contribution in [2.24, 2.45) is 5.92 Å². The minimum Gasteiger partial charge on any atom is -0.353 e. The molecule has 3 rings (SSSR count). The van der Waals surface area contributed by atoms with E-state index in [0.717, 1.165) is 70.8 Å². The summed E-state index contributed by atoms with van der Waals surface area (Å²) in [6.07, 6.45) is 5.41. The molecule has 27 heavy (non-hydrogen) atoms. The van der Waals surface area contributed by atoms with Crippen molar-refractivity contribution >= 4 is 23.3 Å². The molecule has 0 radical (unpaired) electrons. The summed E-state index contributed by atoms with van der Waals surface area (Å²) in [5.41, 5.74) is 1.20. The van der Waals surface area contributed by atoms with E-state index >= 15 is 0 Å². The van der Waals surface area contributed by atoms with Gasteiger partial charge in [0.2, 0.25) is 5.91 Å². The number of amides is 2. The highest BCUT2D eigenvalue weighted by Gasteiger charge is 2.30. The van der Waals surface area contributed by atoms with Gasteiger partial charge in [-0.3, -0.25) is 9.59 Å². The van der Waals surface area contributed by atoms with E-state index in [0.29, 0.717) is 11.3 Å². The maximum absolute atomic E-state index is 13.3. The predicted octanol–water partition coefficient (Wildman–Crippen LogP) is 2.10. The van der Waals surface area contributed by atoms with Gasteiger partial charge < -0.3 is 20.4 Å². The maximum Gasteiger partial charge on any atom is 0.257 e. The molecule has 2 N–H and O–H groups in total. The Morgan fingerprint density at radius 3 is 2.48 bits per heavy atom.